The van der Waals surface area contributed by atoms with E-state index >= 15 is 0 Å². The van der Waals surface area contributed by atoms with Crippen LogP contribution in [0.25, 0.3) is 0 Å². The molecule has 0 atom stereocenters. The standard InChI is InChI=1S/C21H20N2O3S/c1-16-7-13-20(14-8-16)27(25,26)23-19-11-9-18(10-12-19)21(24)22-15-17-5-3-2-4-6-17/h2-14,23H,15H2,1H3,(H,22,24). The van der Waals surface area contributed by atoms with Crippen molar-refractivity contribution in [2.24, 2.45) is 0 Å². The Balaban J connectivity index is 1.64. The van der Waals surface area contributed by atoms with Gasteiger partial charge in [0.1, 0.15) is 0 Å². The van der Waals surface area contributed by atoms with Gasteiger partial charge in [0.15, 0.2) is 0 Å². The van der Waals surface area contributed by atoms with Crippen LogP contribution in [0.15, 0.2) is 83.8 Å². The van der Waals surface area contributed by atoms with E-state index in [1.165, 1.54) is 0 Å². The number of carbonyl (C=O) groups is 1. The van der Waals surface area contributed by atoms with Gasteiger partial charge in [-0.1, -0.05) is 48.0 Å². The summed E-state index contributed by atoms with van der Waals surface area (Å²) in [6.45, 7) is 2.33. The predicted octanol–water partition coefficient (Wildman–Crippen LogP) is 3.73. The third-order valence-corrected chi connectivity index (χ3v) is 5.42. The largest absolute Gasteiger partial charge is 0.348 e. The second-order valence-corrected chi connectivity index (χ2v) is 7.85. The smallest absolute Gasteiger partial charge is 0.261 e. The van der Waals surface area contributed by atoms with Gasteiger partial charge in [0.2, 0.25) is 0 Å². The Morgan fingerprint density at radius 3 is 2.11 bits per heavy atom. The van der Waals surface area contributed by atoms with E-state index in [9.17, 15) is 13.2 Å². The average molecular weight is 380 g/mol. The first-order valence-corrected chi connectivity index (χ1v) is 9.94. The maximum atomic E-state index is 12.4. The van der Waals surface area contributed by atoms with Gasteiger partial charge in [-0.25, -0.2) is 8.42 Å². The number of sulfonamides is 1. The van der Waals surface area contributed by atoms with E-state index < -0.39 is 10.0 Å². The van der Waals surface area contributed by atoms with E-state index in [4.69, 9.17) is 0 Å². The van der Waals surface area contributed by atoms with Crippen molar-refractivity contribution >= 4 is 21.6 Å². The van der Waals surface area contributed by atoms with E-state index in [1.54, 1.807) is 48.5 Å². The summed E-state index contributed by atoms with van der Waals surface area (Å²) >= 11 is 0. The summed E-state index contributed by atoms with van der Waals surface area (Å²) in [4.78, 5) is 12.4. The zero-order valence-electron chi connectivity index (χ0n) is 14.8. The molecule has 1 amide bonds. The van der Waals surface area contributed by atoms with Crippen LogP contribution in [0, 0.1) is 6.92 Å². The fraction of sp³-hybridized carbons (Fsp3) is 0.0952. The van der Waals surface area contributed by atoms with E-state index in [2.05, 4.69) is 10.0 Å². The number of benzene rings is 3. The van der Waals surface area contributed by atoms with Crippen molar-refractivity contribution in [1.82, 2.24) is 5.32 Å². The summed E-state index contributed by atoms with van der Waals surface area (Å²) in [7, 11) is -3.66. The number of nitrogens with one attached hydrogen (secondary N) is 2. The molecule has 0 heterocycles. The van der Waals surface area contributed by atoms with Crippen LogP contribution in [0.3, 0.4) is 0 Å². The van der Waals surface area contributed by atoms with Gasteiger partial charge in [-0.2, -0.15) is 0 Å². The number of rotatable bonds is 6. The minimum Gasteiger partial charge on any atom is -0.348 e. The lowest BCUT2D eigenvalue weighted by atomic mass is 10.2. The fourth-order valence-electron chi connectivity index (χ4n) is 2.50. The number of amides is 1. The molecule has 3 aromatic carbocycles. The minimum absolute atomic E-state index is 0.192. The van der Waals surface area contributed by atoms with Crippen LogP contribution in [0.5, 0.6) is 0 Å². The first kappa shape index (κ1) is 18.7. The van der Waals surface area contributed by atoms with Crippen molar-refractivity contribution in [1.29, 1.82) is 0 Å². The molecule has 138 valence electrons. The molecule has 5 nitrogen and oxygen atoms in total. The molecule has 3 aromatic rings. The van der Waals surface area contributed by atoms with Crippen LogP contribution < -0.4 is 10.0 Å². The highest BCUT2D eigenvalue weighted by molar-refractivity contribution is 7.92. The molecule has 0 saturated carbocycles. The van der Waals surface area contributed by atoms with Crippen LogP contribution in [0.4, 0.5) is 5.69 Å². The van der Waals surface area contributed by atoms with E-state index in [1.807, 2.05) is 37.3 Å². The molecular weight excluding hydrogens is 360 g/mol. The van der Waals surface area contributed by atoms with Crippen LogP contribution >= 0.6 is 0 Å². The SMILES string of the molecule is Cc1ccc(S(=O)(=O)Nc2ccc(C(=O)NCc3ccccc3)cc2)cc1. The topological polar surface area (TPSA) is 75.3 Å². The van der Waals surface area contributed by atoms with Crippen molar-refractivity contribution in [3.05, 3.63) is 95.6 Å². The molecule has 0 spiro atoms. The Morgan fingerprint density at radius 1 is 0.852 bits per heavy atom. The second kappa shape index (κ2) is 8.05. The predicted molar refractivity (Wildman–Crippen MR) is 106 cm³/mol. The lowest BCUT2D eigenvalue weighted by Crippen LogP contribution is -2.22. The van der Waals surface area contributed by atoms with Gasteiger partial charge in [-0.15, -0.1) is 0 Å². The second-order valence-electron chi connectivity index (χ2n) is 6.16. The Bertz CT molecular complexity index is 1010. The molecule has 0 radical (unpaired) electrons. The van der Waals surface area contributed by atoms with Gasteiger partial charge in [0, 0.05) is 17.8 Å². The summed E-state index contributed by atoms with van der Waals surface area (Å²) in [5, 5.41) is 2.84. The van der Waals surface area contributed by atoms with Gasteiger partial charge in [-0.3, -0.25) is 9.52 Å². The van der Waals surface area contributed by atoms with Crippen LogP contribution in [-0.2, 0) is 16.6 Å². The highest BCUT2D eigenvalue weighted by Crippen LogP contribution is 2.17. The van der Waals surface area contributed by atoms with Gasteiger partial charge in [0.25, 0.3) is 15.9 Å². The maximum absolute atomic E-state index is 12.4. The molecule has 27 heavy (non-hydrogen) atoms. The van der Waals surface area contributed by atoms with Crippen LogP contribution in [-0.4, -0.2) is 14.3 Å². The molecule has 0 aromatic heterocycles. The molecule has 0 aliphatic heterocycles. The number of hydrogen-bond acceptors (Lipinski definition) is 3. The third-order valence-electron chi connectivity index (χ3n) is 4.03. The Morgan fingerprint density at radius 2 is 1.48 bits per heavy atom. The lowest BCUT2D eigenvalue weighted by molar-refractivity contribution is 0.0951. The highest BCUT2D eigenvalue weighted by atomic mass is 32.2. The Labute approximate surface area is 159 Å². The first-order chi connectivity index (χ1) is 12.9. The Hall–Kier alpha value is -3.12. The summed E-state index contributed by atoms with van der Waals surface area (Å²) in [6, 6.07) is 22.5. The molecule has 0 aliphatic rings. The normalized spacial score (nSPS) is 11.0. The first-order valence-electron chi connectivity index (χ1n) is 8.46. The molecule has 2 N–H and O–H groups in total. The monoisotopic (exact) mass is 380 g/mol. The maximum Gasteiger partial charge on any atom is 0.261 e. The van der Waals surface area contributed by atoms with E-state index in [-0.39, 0.29) is 10.8 Å². The molecule has 0 aliphatic carbocycles. The van der Waals surface area contributed by atoms with Gasteiger partial charge in [-0.05, 0) is 48.9 Å². The molecule has 0 bridgehead atoms. The third kappa shape index (κ3) is 4.95. The van der Waals surface area contributed by atoms with Crippen molar-refractivity contribution < 1.29 is 13.2 Å². The van der Waals surface area contributed by atoms with E-state index in [0.717, 1.165) is 11.1 Å². The van der Waals surface area contributed by atoms with Crippen molar-refractivity contribution in [2.75, 3.05) is 4.72 Å². The van der Waals surface area contributed by atoms with Gasteiger partial charge < -0.3 is 5.32 Å². The summed E-state index contributed by atoms with van der Waals surface area (Å²) < 4.78 is 27.3. The average Bonchev–Trinajstić information content (AvgIpc) is 2.67. The van der Waals surface area contributed by atoms with Crippen molar-refractivity contribution in [3.8, 4) is 0 Å². The summed E-state index contributed by atoms with van der Waals surface area (Å²) in [5.41, 5.74) is 2.85. The zero-order chi connectivity index (χ0) is 19.3. The minimum atomic E-state index is -3.66. The molecule has 3 rings (SSSR count). The molecule has 0 unspecified atom stereocenters. The quantitative estimate of drug-likeness (QED) is 0.684. The van der Waals surface area contributed by atoms with Crippen molar-refractivity contribution in [3.63, 3.8) is 0 Å². The van der Waals surface area contributed by atoms with Gasteiger partial charge in [0.05, 0.1) is 4.90 Å². The number of carbonyl (C=O) groups excluding carboxylic acids is 1. The summed E-state index contributed by atoms with van der Waals surface area (Å²) in [6.07, 6.45) is 0. The fourth-order valence-corrected chi connectivity index (χ4v) is 3.56. The molecule has 0 fully saturated rings. The van der Waals surface area contributed by atoms with E-state index in [0.29, 0.717) is 17.8 Å². The zero-order valence-corrected chi connectivity index (χ0v) is 15.7. The van der Waals surface area contributed by atoms with Crippen molar-refractivity contribution in [2.45, 2.75) is 18.4 Å². The lowest BCUT2D eigenvalue weighted by Gasteiger charge is -2.09. The molecule has 0 saturated heterocycles. The summed E-state index contributed by atoms with van der Waals surface area (Å²) in [5.74, 6) is -0.216. The number of hydrogen-bond donors (Lipinski definition) is 2. The molecular formula is C21H20N2O3S. The van der Waals surface area contributed by atoms with Crippen LogP contribution in [0.1, 0.15) is 21.5 Å². The van der Waals surface area contributed by atoms with Gasteiger partial charge >= 0.3 is 0 Å². The molecule has 6 heteroatoms. The number of anilines is 1. The Kier molecular flexibility index (Phi) is 5.57. The van der Waals surface area contributed by atoms with Crippen LogP contribution in [0.2, 0.25) is 0 Å². The number of aryl methyl sites for hydroxylation is 1. The highest BCUT2D eigenvalue weighted by Gasteiger charge is 2.14.